The summed E-state index contributed by atoms with van der Waals surface area (Å²) in [4.78, 5) is 23.3. The van der Waals surface area contributed by atoms with E-state index >= 15 is 0 Å². The van der Waals surface area contributed by atoms with Crippen molar-refractivity contribution in [1.29, 1.82) is 0 Å². The second-order valence-corrected chi connectivity index (χ2v) is 11.1. The molecule has 2 aliphatic rings. The van der Waals surface area contributed by atoms with Gasteiger partial charge in [-0.15, -0.1) is 11.3 Å². The summed E-state index contributed by atoms with van der Waals surface area (Å²) >= 11 is 8.89. The number of hydrogen-bond donors (Lipinski definition) is 1. The number of fused-ring (bicyclic) bond motifs is 1. The van der Waals surface area contributed by atoms with Crippen molar-refractivity contribution in [2.45, 2.75) is 44.6 Å². The summed E-state index contributed by atoms with van der Waals surface area (Å²) in [5.41, 5.74) is 3.39. The first-order chi connectivity index (χ1) is 18.1. The Bertz CT molecular complexity index is 1370. The van der Waals surface area contributed by atoms with Gasteiger partial charge in [0.2, 0.25) is 5.95 Å². The van der Waals surface area contributed by atoms with E-state index < -0.39 is 5.82 Å². The van der Waals surface area contributed by atoms with Crippen molar-refractivity contribution in [3.63, 3.8) is 0 Å². The van der Waals surface area contributed by atoms with Crippen LogP contribution in [0.1, 0.15) is 55.0 Å². The summed E-state index contributed by atoms with van der Waals surface area (Å²) in [6.07, 6.45) is 11.1. The van der Waals surface area contributed by atoms with Crippen molar-refractivity contribution in [3.8, 4) is 0 Å². The molecule has 1 aliphatic heterocycles. The van der Waals surface area contributed by atoms with E-state index in [1.807, 2.05) is 29.8 Å². The van der Waals surface area contributed by atoms with Gasteiger partial charge >= 0.3 is 0 Å². The summed E-state index contributed by atoms with van der Waals surface area (Å²) in [6, 6.07) is 6.26. The minimum atomic E-state index is -0.475. The average molecular weight is 538 g/mol. The molecular weight excluding hydrogens is 509 g/mol. The Balaban J connectivity index is 1.32. The molecule has 4 aromatic rings. The highest BCUT2D eigenvalue weighted by Gasteiger charge is 2.33. The van der Waals surface area contributed by atoms with E-state index in [0.717, 1.165) is 54.8 Å². The second kappa shape index (κ2) is 10.5. The van der Waals surface area contributed by atoms with Crippen LogP contribution < -0.4 is 10.2 Å². The summed E-state index contributed by atoms with van der Waals surface area (Å²) in [5, 5.41) is 3.81. The number of thiophene rings is 1. The number of pyridine rings is 2. The van der Waals surface area contributed by atoms with Crippen molar-refractivity contribution in [1.82, 2.24) is 24.8 Å². The van der Waals surface area contributed by atoms with Gasteiger partial charge in [0.1, 0.15) is 11.3 Å². The molecule has 0 amide bonds. The van der Waals surface area contributed by atoms with Gasteiger partial charge in [-0.25, -0.2) is 19.3 Å². The molecular formula is C27H29ClFN7S. The third kappa shape index (κ3) is 4.87. The highest BCUT2D eigenvalue weighted by atomic mass is 35.5. The average Bonchev–Trinajstić information content (AvgIpc) is 3.59. The van der Waals surface area contributed by atoms with Crippen molar-refractivity contribution in [2.24, 2.45) is 0 Å². The van der Waals surface area contributed by atoms with E-state index in [1.165, 1.54) is 40.8 Å². The van der Waals surface area contributed by atoms with Crippen LogP contribution in [0.3, 0.4) is 0 Å². The van der Waals surface area contributed by atoms with E-state index in [9.17, 15) is 4.39 Å². The lowest BCUT2D eigenvalue weighted by molar-refractivity contribution is 0.235. The third-order valence-electron chi connectivity index (χ3n) is 7.52. The minimum Gasteiger partial charge on any atom is -0.360 e. The van der Waals surface area contributed by atoms with Crippen LogP contribution in [0.25, 0.3) is 10.2 Å². The summed E-state index contributed by atoms with van der Waals surface area (Å²) < 4.78 is 14.4. The molecule has 0 radical (unpaired) electrons. The van der Waals surface area contributed by atoms with Crippen molar-refractivity contribution in [2.75, 3.05) is 36.4 Å². The van der Waals surface area contributed by atoms with Gasteiger partial charge in [0.25, 0.3) is 0 Å². The van der Waals surface area contributed by atoms with Crippen LogP contribution >= 0.6 is 22.9 Å². The van der Waals surface area contributed by atoms with Crippen LogP contribution in [0.2, 0.25) is 5.02 Å². The van der Waals surface area contributed by atoms with Crippen LogP contribution in [-0.4, -0.2) is 51.0 Å². The van der Waals surface area contributed by atoms with Gasteiger partial charge in [0.15, 0.2) is 5.82 Å². The Morgan fingerprint density at radius 2 is 1.86 bits per heavy atom. The predicted molar refractivity (Wildman–Crippen MR) is 148 cm³/mol. The zero-order chi connectivity index (χ0) is 25.4. The minimum absolute atomic E-state index is 0.109. The molecule has 1 saturated carbocycles. The molecule has 1 unspecified atom stereocenters. The Morgan fingerprint density at radius 1 is 1.05 bits per heavy atom. The molecule has 1 atom stereocenters. The normalized spacial score (nSPS) is 19.1. The molecule has 37 heavy (non-hydrogen) atoms. The molecule has 5 heterocycles. The number of rotatable bonds is 6. The predicted octanol–water partition coefficient (Wildman–Crippen LogP) is 6.56. The smallest absolute Gasteiger partial charge is 0.228 e. The number of piperazine rings is 1. The van der Waals surface area contributed by atoms with Crippen LogP contribution in [0.5, 0.6) is 0 Å². The molecule has 0 aromatic carbocycles. The van der Waals surface area contributed by atoms with E-state index in [0.29, 0.717) is 17.7 Å². The number of anilines is 3. The van der Waals surface area contributed by atoms with Crippen molar-refractivity contribution < 1.29 is 4.39 Å². The summed E-state index contributed by atoms with van der Waals surface area (Å²) in [5.74, 6) is 1.04. The van der Waals surface area contributed by atoms with Gasteiger partial charge in [-0.3, -0.25) is 9.88 Å². The number of likely N-dealkylation sites (N-methyl/N-ethyl adjacent to an activating group) is 1. The fourth-order valence-corrected chi connectivity index (χ4v) is 7.34. The highest BCUT2D eigenvalue weighted by molar-refractivity contribution is 7.20. The molecule has 2 fully saturated rings. The van der Waals surface area contributed by atoms with Crippen LogP contribution in [-0.2, 0) is 0 Å². The maximum atomic E-state index is 13.1. The fourth-order valence-electron chi connectivity index (χ4n) is 5.55. The van der Waals surface area contributed by atoms with E-state index in [-0.39, 0.29) is 6.04 Å². The number of nitrogens with zero attached hydrogens (tertiary/aromatic N) is 6. The quantitative estimate of drug-likeness (QED) is 0.299. The fraction of sp³-hybridized carbons (Fsp3) is 0.407. The lowest BCUT2D eigenvalue weighted by Crippen LogP contribution is -2.48. The second-order valence-electron chi connectivity index (χ2n) is 9.69. The number of aromatic nitrogens is 4. The van der Waals surface area contributed by atoms with Crippen molar-refractivity contribution in [3.05, 3.63) is 64.3 Å². The molecule has 10 heteroatoms. The zero-order valence-electron chi connectivity index (χ0n) is 20.7. The molecule has 0 bridgehead atoms. The topological polar surface area (TPSA) is 70.1 Å². The molecule has 6 rings (SSSR count). The lowest BCUT2D eigenvalue weighted by atomic mass is 9.98. The van der Waals surface area contributed by atoms with Crippen molar-refractivity contribution >= 4 is 50.6 Å². The van der Waals surface area contributed by atoms with E-state index in [4.69, 9.17) is 16.6 Å². The first-order valence-electron chi connectivity index (χ1n) is 12.9. The SMILES string of the molecule is CCN1CCN(c2ccc(Nc3ncc(F)cn3)nc2)C(c2sc3c(C4CCCC4)ccnc3c2Cl)C1. The van der Waals surface area contributed by atoms with E-state index in [2.05, 4.69) is 49.1 Å². The molecule has 7 nitrogen and oxygen atoms in total. The summed E-state index contributed by atoms with van der Waals surface area (Å²) in [6.45, 7) is 5.95. The first kappa shape index (κ1) is 24.5. The molecule has 192 valence electrons. The molecule has 0 spiro atoms. The van der Waals surface area contributed by atoms with E-state index in [1.54, 1.807) is 0 Å². The van der Waals surface area contributed by atoms with Crippen LogP contribution in [0.4, 0.5) is 21.8 Å². The maximum absolute atomic E-state index is 13.1. The van der Waals surface area contributed by atoms with Gasteiger partial charge in [-0.05, 0) is 49.1 Å². The Labute approximate surface area is 224 Å². The molecule has 1 N–H and O–H groups in total. The van der Waals surface area contributed by atoms with Gasteiger partial charge in [-0.1, -0.05) is 31.4 Å². The third-order valence-corrected chi connectivity index (χ3v) is 9.34. The number of halogens is 2. The summed E-state index contributed by atoms with van der Waals surface area (Å²) in [7, 11) is 0. The molecule has 1 saturated heterocycles. The standard InChI is InChI=1S/C27H29ClFN7S/c1-2-35-11-12-36(19-7-8-22(31-15-19)34-27-32-13-18(29)14-33-27)21(16-35)26-23(28)24-25(37-26)20(9-10-30-24)17-5-3-4-6-17/h7-10,13-15,17,21H,2-6,11-12,16H2,1H3,(H,31,32,33,34). The van der Waals surface area contributed by atoms with Gasteiger partial charge < -0.3 is 10.2 Å². The number of hydrogen-bond acceptors (Lipinski definition) is 8. The highest BCUT2D eigenvalue weighted by Crippen LogP contribution is 2.46. The van der Waals surface area contributed by atoms with Gasteiger partial charge in [0.05, 0.1) is 40.0 Å². The Hall–Kier alpha value is -2.88. The Morgan fingerprint density at radius 3 is 2.59 bits per heavy atom. The Kier molecular flexibility index (Phi) is 6.92. The molecule has 1 aliphatic carbocycles. The van der Waals surface area contributed by atoms with Gasteiger partial charge in [-0.2, -0.15) is 0 Å². The lowest BCUT2D eigenvalue weighted by Gasteiger charge is -2.42. The zero-order valence-corrected chi connectivity index (χ0v) is 22.3. The first-order valence-corrected chi connectivity index (χ1v) is 14.1. The number of nitrogens with one attached hydrogen (secondary N) is 1. The maximum Gasteiger partial charge on any atom is 0.228 e. The van der Waals surface area contributed by atoms with Gasteiger partial charge in [0, 0.05) is 30.7 Å². The van der Waals surface area contributed by atoms with Crippen LogP contribution in [0, 0.1) is 5.82 Å². The molecule has 4 aromatic heterocycles. The monoisotopic (exact) mass is 537 g/mol. The van der Waals surface area contributed by atoms with Crippen LogP contribution in [0.15, 0.2) is 43.0 Å². The largest absolute Gasteiger partial charge is 0.360 e.